The Morgan fingerprint density at radius 1 is 1.16 bits per heavy atom. The SMILES string of the molecule is Cc1cc(CNC(=O)N(CCN(C)C)Cc2ccc(Br)cc2)c(C)o1. The number of nitrogens with one attached hydrogen (secondary N) is 1. The highest BCUT2D eigenvalue weighted by Crippen LogP contribution is 2.14. The summed E-state index contributed by atoms with van der Waals surface area (Å²) in [6, 6.07) is 9.95. The van der Waals surface area contributed by atoms with E-state index in [-0.39, 0.29) is 6.03 Å². The Balaban J connectivity index is 2.01. The number of hydrogen-bond donors (Lipinski definition) is 1. The Morgan fingerprint density at radius 3 is 2.40 bits per heavy atom. The number of furan rings is 1. The van der Waals surface area contributed by atoms with Crippen LogP contribution in [0.4, 0.5) is 4.79 Å². The number of rotatable bonds is 7. The van der Waals surface area contributed by atoms with Crippen LogP contribution in [0, 0.1) is 13.8 Å². The van der Waals surface area contributed by atoms with Crippen molar-refractivity contribution in [2.45, 2.75) is 26.9 Å². The van der Waals surface area contributed by atoms with Gasteiger partial charge in [-0.15, -0.1) is 0 Å². The molecule has 0 unspecified atom stereocenters. The first-order chi connectivity index (χ1) is 11.8. The second-order valence-corrected chi connectivity index (χ2v) is 7.36. The van der Waals surface area contributed by atoms with Crippen molar-refractivity contribution in [2.75, 3.05) is 27.2 Å². The maximum atomic E-state index is 12.7. The van der Waals surface area contributed by atoms with Crippen LogP contribution in [0.5, 0.6) is 0 Å². The minimum Gasteiger partial charge on any atom is -0.466 e. The third-order valence-corrected chi connectivity index (χ3v) is 4.49. The Labute approximate surface area is 158 Å². The van der Waals surface area contributed by atoms with Crippen molar-refractivity contribution in [3.63, 3.8) is 0 Å². The molecule has 1 aromatic carbocycles. The van der Waals surface area contributed by atoms with Gasteiger partial charge >= 0.3 is 6.03 Å². The van der Waals surface area contributed by atoms with Crippen molar-refractivity contribution in [3.8, 4) is 0 Å². The number of carbonyl (C=O) groups excluding carboxylic acids is 1. The van der Waals surface area contributed by atoms with E-state index in [0.29, 0.717) is 19.6 Å². The molecule has 136 valence electrons. The molecule has 0 aliphatic rings. The van der Waals surface area contributed by atoms with E-state index in [0.717, 1.165) is 33.7 Å². The van der Waals surface area contributed by atoms with Crippen LogP contribution in [-0.4, -0.2) is 43.0 Å². The summed E-state index contributed by atoms with van der Waals surface area (Å²) >= 11 is 3.44. The lowest BCUT2D eigenvalue weighted by Crippen LogP contribution is -2.42. The highest BCUT2D eigenvalue weighted by atomic mass is 79.9. The number of likely N-dealkylation sites (N-methyl/N-ethyl adjacent to an activating group) is 1. The van der Waals surface area contributed by atoms with Crippen LogP contribution in [0.1, 0.15) is 22.6 Å². The maximum absolute atomic E-state index is 12.7. The molecule has 2 aromatic rings. The molecule has 0 aliphatic heterocycles. The number of amides is 2. The molecular formula is C19H26BrN3O2. The van der Waals surface area contributed by atoms with Crippen LogP contribution < -0.4 is 5.32 Å². The van der Waals surface area contributed by atoms with Gasteiger partial charge in [0.2, 0.25) is 0 Å². The molecule has 0 radical (unpaired) electrons. The normalized spacial score (nSPS) is 11.0. The van der Waals surface area contributed by atoms with Gasteiger partial charge in [0.05, 0.1) is 0 Å². The van der Waals surface area contributed by atoms with Crippen LogP contribution >= 0.6 is 15.9 Å². The molecule has 0 fully saturated rings. The van der Waals surface area contributed by atoms with Crippen LogP contribution in [0.3, 0.4) is 0 Å². The quantitative estimate of drug-likeness (QED) is 0.755. The molecule has 5 nitrogen and oxygen atoms in total. The first-order valence-electron chi connectivity index (χ1n) is 8.33. The number of urea groups is 1. The fourth-order valence-electron chi connectivity index (χ4n) is 2.52. The summed E-state index contributed by atoms with van der Waals surface area (Å²) in [5, 5.41) is 3.01. The molecule has 25 heavy (non-hydrogen) atoms. The topological polar surface area (TPSA) is 48.7 Å². The summed E-state index contributed by atoms with van der Waals surface area (Å²) in [5.74, 6) is 1.71. The van der Waals surface area contributed by atoms with E-state index in [1.165, 1.54) is 0 Å². The number of halogens is 1. The molecule has 0 saturated heterocycles. The molecule has 0 saturated carbocycles. The Morgan fingerprint density at radius 2 is 1.84 bits per heavy atom. The van der Waals surface area contributed by atoms with Gasteiger partial charge in [-0.3, -0.25) is 0 Å². The first-order valence-corrected chi connectivity index (χ1v) is 9.12. The molecule has 1 heterocycles. The van der Waals surface area contributed by atoms with Crippen molar-refractivity contribution in [3.05, 3.63) is 57.5 Å². The molecule has 0 spiro atoms. The van der Waals surface area contributed by atoms with E-state index in [4.69, 9.17) is 4.42 Å². The van der Waals surface area contributed by atoms with Gasteiger partial charge in [-0.05, 0) is 51.7 Å². The molecule has 0 atom stereocenters. The highest BCUT2D eigenvalue weighted by molar-refractivity contribution is 9.10. The van der Waals surface area contributed by atoms with Gasteiger partial charge in [0, 0.05) is 36.2 Å². The summed E-state index contributed by atoms with van der Waals surface area (Å²) in [4.78, 5) is 16.6. The summed E-state index contributed by atoms with van der Waals surface area (Å²) in [6.07, 6.45) is 0. The summed E-state index contributed by atoms with van der Waals surface area (Å²) in [6.45, 7) is 6.36. The zero-order chi connectivity index (χ0) is 18.4. The van der Waals surface area contributed by atoms with Gasteiger partial charge in [0.25, 0.3) is 0 Å². The monoisotopic (exact) mass is 407 g/mol. The van der Waals surface area contributed by atoms with E-state index in [1.54, 1.807) is 0 Å². The molecule has 1 aromatic heterocycles. The highest BCUT2D eigenvalue weighted by Gasteiger charge is 2.15. The Kier molecular flexibility index (Phi) is 7.08. The standard InChI is InChI=1S/C19H26BrN3O2/c1-14-11-17(15(2)25-14)12-21-19(24)23(10-9-22(3)4)13-16-5-7-18(20)8-6-16/h5-8,11H,9-10,12-13H2,1-4H3,(H,21,24). The summed E-state index contributed by atoms with van der Waals surface area (Å²) in [5.41, 5.74) is 2.12. The third kappa shape index (κ3) is 6.21. The predicted molar refractivity (Wildman–Crippen MR) is 104 cm³/mol. The van der Waals surface area contributed by atoms with Gasteiger partial charge in [0.1, 0.15) is 11.5 Å². The lowest BCUT2D eigenvalue weighted by atomic mass is 10.2. The fraction of sp³-hybridized carbons (Fsp3) is 0.421. The molecule has 2 rings (SSSR count). The van der Waals surface area contributed by atoms with Gasteiger partial charge in [-0.1, -0.05) is 28.1 Å². The van der Waals surface area contributed by atoms with Crippen molar-refractivity contribution in [1.29, 1.82) is 0 Å². The number of carbonyl (C=O) groups is 1. The molecule has 1 N–H and O–H groups in total. The van der Waals surface area contributed by atoms with E-state index >= 15 is 0 Å². The van der Waals surface area contributed by atoms with Gasteiger partial charge in [-0.25, -0.2) is 4.79 Å². The van der Waals surface area contributed by atoms with E-state index < -0.39 is 0 Å². The van der Waals surface area contributed by atoms with Crippen LogP contribution in [0.25, 0.3) is 0 Å². The number of nitrogens with zero attached hydrogens (tertiary/aromatic N) is 2. The zero-order valence-electron chi connectivity index (χ0n) is 15.3. The largest absolute Gasteiger partial charge is 0.466 e. The summed E-state index contributed by atoms with van der Waals surface area (Å²) in [7, 11) is 4.01. The van der Waals surface area contributed by atoms with E-state index in [9.17, 15) is 4.79 Å². The van der Waals surface area contributed by atoms with E-state index in [2.05, 4.69) is 26.1 Å². The maximum Gasteiger partial charge on any atom is 0.318 e. The van der Waals surface area contributed by atoms with Gasteiger partial charge < -0.3 is 19.5 Å². The minimum atomic E-state index is -0.0666. The predicted octanol–water partition coefficient (Wildman–Crippen LogP) is 3.93. The summed E-state index contributed by atoms with van der Waals surface area (Å²) < 4.78 is 6.55. The molecule has 2 amide bonds. The number of benzene rings is 1. The number of hydrogen-bond acceptors (Lipinski definition) is 3. The Hall–Kier alpha value is -1.79. The lowest BCUT2D eigenvalue weighted by Gasteiger charge is -2.25. The van der Waals surface area contributed by atoms with Crippen LogP contribution in [0.2, 0.25) is 0 Å². The smallest absolute Gasteiger partial charge is 0.318 e. The first kappa shape index (κ1) is 19.5. The van der Waals surface area contributed by atoms with Crippen molar-refractivity contribution in [2.24, 2.45) is 0 Å². The van der Waals surface area contributed by atoms with Crippen molar-refractivity contribution >= 4 is 22.0 Å². The van der Waals surface area contributed by atoms with Gasteiger partial charge in [-0.2, -0.15) is 0 Å². The second kappa shape index (κ2) is 9.06. The average Bonchev–Trinajstić information content (AvgIpc) is 2.88. The third-order valence-electron chi connectivity index (χ3n) is 3.96. The van der Waals surface area contributed by atoms with Crippen LogP contribution in [0.15, 0.2) is 39.2 Å². The lowest BCUT2D eigenvalue weighted by molar-refractivity contribution is 0.188. The molecule has 6 heteroatoms. The van der Waals surface area contributed by atoms with Crippen LogP contribution in [-0.2, 0) is 13.1 Å². The fourth-order valence-corrected chi connectivity index (χ4v) is 2.79. The second-order valence-electron chi connectivity index (χ2n) is 6.45. The van der Waals surface area contributed by atoms with E-state index in [1.807, 2.05) is 63.2 Å². The zero-order valence-corrected chi connectivity index (χ0v) is 16.9. The number of aryl methyl sites for hydroxylation is 2. The average molecular weight is 408 g/mol. The van der Waals surface area contributed by atoms with Gasteiger partial charge in [0.15, 0.2) is 0 Å². The Bertz CT molecular complexity index is 695. The molecule has 0 aliphatic carbocycles. The van der Waals surface area contributed by atoms with Crippen molar-refractivity contribution in [1.82, 2.24) is 15.1 Å². The van der Waals surface area contributed by atoms with Crippen molar-refractivity contribution < 1.29 is 9.21 Å². The minimum absolute atomic E-state index is 0.0666. The molecule has 0 bridgehead atoms. The molecular weight excluding hydrogens is 382 g/mol.